The van der Waals surface area contributed by atoms with Gasteiger partial charge in [0, 0.05) is 50.5 Å². The highest BCUT2D eigenvalue weighted by molar-refractivity contribution is 5.79. The van der Waals surface area contributed by atoms with Crippen LogP contribution in [0, 0.1) is 11.6 Å². The summed E-state index contributed by atoms with van der Waals surface area (Å²) in [6.45, 7) is 0.976. The SMILES string of the molecule is O=C1CC(c2cc(F)cc(F)c2)CN1Cc1ccncc1CCCO. The molecule has 1 amide bonds. The molecule has 0 aliphatic carbocycles. The fourth-order valence-electron chi connectivity index (χ4n) is 3.27. The van der Waals surface area contributed by atoms with E-state index in [9.17, 15) is 13.6 Å². The molecule has 0 radical (unpaired) electrons. The van der Waals surface area contributed by atoms with Gasteiger partial charge in [0.05, 0.1) is 0 Å². The molecule has 1 fully saturated rings. The quantitative estimate of drug-likeness (QED) is 0.875. The number of aliphatic hydroxyl groups excluding tert-OH is 1. The molecule has 1 aromatic carbocycles. The second-order valence-corrected chi connectivity index (χ2v) is 6.35. The van der Waals surface area contributed by atoms with Crippen LogP contribution in [-0.2, 0) is 17.8 Å². The van der Waals surface area contributed by atoms with Crippen LogP contribution in [0.2, 0.25) is 0 Å². The van der Waals surface area contributed by atoms with Gasteiger partial charge in [-0.3, -0.25) is 9.78 Å². The number of rotatable bonds is 6. The van der Waals surface area contributed by atoms with Crippen molar-refractivity contribution in [2.45, 2.75) is 31.7 Å². The standard InChI is InChI=1S/C19H20F2N2O2/c20-17-6-15(7-18(21)9-17)16-8-19(25)23(12-16)11-14-3-4-22-10-13(14)2-1-5-24/h3-4,6-7,9-10,16,24H,1-2,5,8,11-12H2. The van der Waals surface area contributed by atoms with Gasteiger partial charge in [-0.15, -0.1) is 0 Å². The lowest BCUT2D eigenvalue weighted by Gasteiger charge is -2.19. The average molecular weight is 346 g/mol. The summed E-state index contributed by atoms with van der Waals surface area (Å²) in [6.07, 6.45) is 5.01. The molecule has 4 nitrogen and oxygen atoms in total. The topological polar surface area (TPSA) is 53.4 Å². The number of hydrogen-bond acceptors (Lipinski definition) is 3. The molecule has 6 heteroatoms. The van der Waals surface area contributed by atoms with Crippen LogP contribution in [0.15, 0.2) is 36.7 Å². The van der Waals surface area contributed by atoms with Gasteiger partial charge in [-0.1, -0.05) is 0 Å². The van der Waals surface area contributed by atoms with E-state index in [4.69, 9.17) is 5.11 Å². The first-order valence-corrected chi connectivity index (χ1v) is 8.33. The number of carbonyl (C=O) groups is 1. The minimum atomic E-state index is -0.624. The number of benzene rings is 1. The molecule has 1 aliphatic heterocycles. The monoisotopic (exact) mass is 346 g/mol. The van der Waals surface area contributed by atoms with Gasteiger partial charge in [-0.25, -0.2) is 8.78 Å². The predicted molar refractivity (Wildman–Crippen MR) is 88.8 cm³/mol. The molecule has 0 saturated carbocycles. The number of aromatic nitrogens is 1. The van der Waals surface area contributed by atoms with Gasteiger partial charge in [0.15, 0.2) is 0 Å². The normalized spacial score (nSPS) is 17.3. The Bertz CT molecular complexity index is 747. The molecule has 2 heterocycles. The number of hydrogen-bond donors (Lipinski definition) is 1. The Morgan fingerprint density at radius 2 is 1.96 bits per heavy atom. The van der Waals surface area contributed by atoms with Crippen molar-refractivity contribution in [3.63, 3.8) is 0 Å². The number of carbonyl (C=O) groups excluding carboxylic acids is 1. The number of nitrogens with zero attached hydrogens (tertiary/aromatic N) is 2. The molecule has 1 saturated heterocycles. The fourth-order valence-corrected chi connectivity index (χ4v) is 3.27. The summed E-state index contributed by atoms with van der Waals surface area (Å²) in [5.41, 5.74) is 2.51. The maximum Gasteiger partial charge on any atom is 0.223 e. The second kappa shape index (κ2) is 7.70. The van der Waals surface area contributed by atoms with Crippen molar-refractivity contribution in [2.75, 3.05) is 13.2 Å². The number of halogens is 2. The Hall–Kier alpha value is -2.34. The summed E-state index contributed by atoms with van der Waals surface area (Å²) >= 11 is 0. The molecule has 1 aromatic heterocycles. The van der Waals surface area contributed by atoms with Crippen LogP contribution in [-0.4, -0.2) is 34.0 Å². The van der Waals surface area contributed by atoms with Gasteiger partial charge >= 0.3 is 0 Å². The molecule has 0 bridgehead atoms. The van der Waals surface area contributed by atoms with E-state index in [0.29, 0.717) is 31.5 Å². The lowest BCUT2D eigenvalue weighted by atomic mass is 9.98. The van der Waals surface area contributed by atoms with Crippen molar-refractivity contribution in [3.05, 3.63) is 65.0 Å². The molecule has 25 heavy (non-hydrogen) atoms. The van der Waals surface area contributed by atoms with Crippen LogP contribution in [0.1, 0.15) is 35.4 Å². The zero-order chi connectivity index (χ0) is 17.8. The minimum Gasteiger partial charge on any atom is -0.396 e. The molecule has 3 rings (SSSR count). The van der Waals surface area contributed by atoms with Gasteiger partial charge in [0.2, 0.25) is 5.91 Å². The summed E-state index contributed by atoms with van der Waals surface area (Å²) < 4.78 is 26.9. The first-order valence-electron chi connectivity index (χ1n) is 8.33. The third-order valence-corrected chi connectivity index (χ3v) is 4.54. The van der Waals surface area contributed by atoms with E-state index in [-0.39, 0.29) is 24.9 Å². The van der Waals surface area contributed by atoms with Gasteiger partial charge in [-0.2, -0.15) is 0 Å². The summed E-state index contributed by atoms with van der Waals surface area (Å²) in [5, 5.41) is 9.00. The average Bonchev–Trinajstić information content (AvgIpc) is 2.94. The lowest BCUT2D eigenvalue weighted by Crippen LogP contribution is -2.25. The van der Waals surface area contributed by atoms with Crippen molar-refractivity contribution in [1.82, 2.24) is 9.88 Å². The first-order chi connectivity index (χ1) is 12.1. The van der Waals surface area contributed by atoms with E-state index in [1.54, 1.807) is 17.3 Å². The van der Waals surface area contributed by atoms with E-state index in [1.165, 1.54) is 12.1 Å². The van der Waals surface area contributed by atoms with Crippen molar-refractivity contribution < 1.29 is 18.7 Å². The number of pyridine rings is 1. The molecule has 2 aromatic rings. The van der Waals surface area contributed by atoms with Crippen LogP contribution in [0.5, 0.6) is 0 Å². The largest absolute Gasteiger partial charge is 0.396 e. The fraction of sp³-hybridized carbons (Fsp3) is 0.368. The highest BCUT2D eigenvalue weighted by Gasteiger charge is 2.31. The van der Waals surface area contributed by atoms with E-state index in [2.05, 4.69) is 4.98 Å². The Labute approximate surface area is 145 Å². The zero-order valence-corrected chi connectivity index (χ0v) is 13.8. The molecule has 1 N–H and O–H groups in total. The predicted octanol–water partition coefficient (Wildman–Crippen LogP) is 2.80. The first kappa shape index (κ1) is 17.5. The van der Waals surface area contributed by atoms with Crippen LogP contribution in [0.3, 0.4) is 0 Å². The van der Waals surface area contributed by atoms with Crippen LogP contribution < -0.4 is 0 Å². The van der Waals surface area contributed by atoms with E-state index >= 15 is 0 Å². The third-order valence-electron chi connectivity index (χ3n) is 4.54. The smallest absolute Gasteiger partial charge is 0.223 e. The molecule has 1 atom stereocenters. The number of likely N-dealkylation sites (tertiary alicyclic amines) is 1. The Balaban J connectivity index is 1.73. The molecular weight excluding hydrogens is 326 g/mol. The summed E-state index contributed by atoms with van der Waals surface area (Å²) in [5.74, 6) is -1.48. The molecule has 1 unspecified atom stereocenters. The molecule has 0 spiro atoms. The van der Waals surface area contributed by atoms with Crippen molar-refractivity contribution in [2.24, 2.45) is 0 Å². The van der Waals surface area contributed by atoms with Crippen molar-refractivity contribution in [1.29, 1.82) is 0 Å². The Kier molecular flexibility index (Phi) is 5.38. The molecule has 1 aliphatic rings. The molecule has 132 valence electrons. The van der Waals surface area contributed by atoms with E-state index in [1.807, 2.05) is 6.07 Å². The van der Waals surface area contributed by atoms with E-state index in [0.717, 1.165) is 17.2 Å². The molecular formula is C19H20F2N2O2. The summed E-state index contributed by atoms with van der Waals surface area (Å²) in [4.78, 5) is 18.2. The van der Waals surface area contributed by atoms with Crippen LogP contribution >= 0.6 is 0 Å². The maximum absolute atomic E-state index is 13.4. The summed E-state index contributed by atoms with van der Waals surface area (Å²) in [7, 11) is 0. The van der Waals surface area contributed by atoms with Gasteiger partial charge in [-0.05, 0) is 47.7 Å². The van der Waals surface area contributed by atoms with Gasteiger partial charge in [0.1, 0.15) is 11.6 Å². The summed E-state index contributed by atoms with van der Waals surface area (Å²) in [6, 6.07) is 5.30. The van der Waals surface area contributed by atoms with Gasteiger partial charge in [0.25, 0.3) is 0 Å². The maximum atomic E-state index is 13.4. The van der Waals surface area contributed by atoms with Crippen LogP contribution in [0.4, 0.5) is 8.78 Å². The van der Waals surface area contributed by atoms with Crippen molar-refractivity contribution >= 4 is 5.91 Å². The van der Waals surface area contributed by atoms with Crippen molar-refractivity contribution in [3.8, 4) is 0 Å². The lowest BCUT2D eigenvalue weighted by molar-refractivity contribution is -0.128. The van der Waals surface area contributed by atoms with Gasteiger partial charge < -0.3 is 10.0 Å². The third kappa shape index (κ3) is 4.20. The minimum absolute atomic E-state index is 0.0282. The second-order valence-electron chi connectivity index (χ2n) is 6.35. The Morgan fingerprint density at radius 3 is 2.68 bits per heavy atom. The van der Waals surface area contributed by atoms with Crippen LogP contribution in [0.25, 0.3) is 0 Å². The number of aryl methyl sites for hydroxylation is 1. The zero-order valence-electron chi connectivity index (χ0n) is 13.8. The number of amides is 1. The highest BCUT2D eigenvalue weighted by Crippen LogP contribution is 2.30. The highest BCUT2D eigenvalue weighted by atomic mass is 19.1. The van der Waals surface area contributed by atoms with E-state index < -0.39 is 11.6 Å². The Morgan fingerprint density at radius 1 is 1.20 bits per heavy atom. The number of aliphatic hydroxyl groups is 1.